The zero-order valence-electron chi connectivity index (χ0n) is 13.6. The molecule has 3 atom stereocenters. The highest BCUT2D eigenvalue weighted by Crippen LogP contribution is 2.42. The summed E-state index contributed by atoms with van der Waals surface area (Å²) in [5.41, 5.74) is 7.13. The number of aromatic nitrogens is 3. The Bertz CT molecular complexity index is 873. The van der Waals surface area contributed by atoms with Crippen molar-refractivity contribution in [2.75, 3.05) is 18.8 Å². The lowest BCUT2D eigenvalue weighted by molar-refractivity contribution is -0.140. The third kappa shape index (κ3) is 2.90. The van der Waals surface area contributed by atoms with Gasteiger partial charge in [-0.05, 0) is 12.5 Å². The Morgan fingerprint density at radius 3 is 3.08 bits per heavy atom. The van der Waals surface area contributed by atoms with Crippen LogP contribution < -0.4 is 11.4 Å². The summed E-state index contributed by atoms with van der Waals surface area (Å²) in [6.07, 6.45) is -3.22. The predicted molar refractivity (Wildman–Crippen MR) is 88.9 cm³/mol. The second-order valence-corrected chi connectivity index (χ2v) is 7.34. The van der Waals surface area contributed by atoms with Crippen LogP contribution in [0.15, 0.2) is 22.6 Å². The molecule has 2 aliphatic rings. The van der Waals surface area contributed by atoms with Crippen molar-refractivity contribution in [3.05, 3.63) is 38.8 Å². The minimum Gasteiger partial charge on any atom is -0.384 e. The SMILES string of the molecule is Nc1ccn([C@@H]2O[C@H](CN3CCc4scnc4C3)[C@@H](O)C2(F)F)c(=O)n1. The number of anilines is 1. The lowest BCUT2D eigenvalue weighted by Crippen LogP contribution is -2.44. The molecule has 0 radical (unpaired) electrons. The molecule has 0 saturated carbocycles. The number of halogens is 2. The Balaban J connectivity index is 1.53. The summed E-state index contributed by atoms with van der Waals surface area (Å²) in [6, 6.07) is 1.23. The molecule has 0 bridgehead atoms. The zero-order valence-corrected chi connectivity index (χ0v) is 14.4. The molecule has 0 aliphatic carbocycles. The molecule has 4 rings (SSSR count). The van der Waals surface area contributed by atoms with E-state index in [2.05, 4.69) is 9.97 Å². The first-order valence-electron chi connectivity index (χ1n) is 8.06. The summed E-state index contributed by atoms with van der Waals surface area (Å²) in [6.45, 7) is 1.30. The van der Waals surface area contributed by atoms with Crippen LogP contribution >= 0.6 is 11.3 Å². The molecule has 2 aromatic heterocycles. The highest BCUT2D eigenvalue weighted by atomic mass is 32.1. The first-order chi connectivity index (χ1) is 12.4. The van der Waals surface area contributed by atoms with Crippen molar-refractivity contribution >= 4 is 17.2 Å². The fraction of sp³-hybridized carbons (Fsp3) is 0.533. The summed E-state index contributed by atoms with van der Waals surface area (Å²) in [5, 5.41) is 10.1. The first kappa shape index (κ1) is 17.5. The number of hydrogen-bond acceptors (Lipinski definition) is 8. The van der Waals surface area contributed by atoms with Gasteiger partial charge >= 0.3 is 11.6 Å². The quantitative estimate of drug-likeness (QED) is 0.779. The molecule has 2 aliphatic heterocycles. The predicted octanol–water partition coefficient (Wildman–Crippen LogP) is 0.234. The Morgan fingerprint density at radius 2 is 2.31 bits per heavy atom. The molecule has 0 spiro atoms. The van der Waals surface area contributed by atoms with E-state index in [9.17, 15) is 18.7 Å². The van der Waals surface area contributed by atoms with Gasteiger partial charge in [-0.15, -0.1) is 11.3 Å². The smallest absolute Gasteiger partial charge is 0.351 e. The van der Waals surface area contributed by atoms with Gasteiger partial charge in [-0.2, -0.15) is 13.8 Å². The van der Waals surface area contributed by atoms with Gasteiger partial charge in [0.1, 0.15) is 18.0 Å². The van der Waals surface area contributed by atoms with Crippen molar-refractivity contribution in [2.24, 2.45) is 0 Å². The van der Waals surface area contributed by atoms with E-state index in [1.54, 1.807) is 16.8 Å². The maximum absolute atomic E-state index is 14.5. The lowest BCUT2D eigenvalue weighted by atomic mass is 10.1. The topological polar surface area (TPSA) is 107 Å². The number of aliphatic hydroxyl groups is 1. The molecule has 2 aromatic rings. The molecule has 140 valence electrons. The number of alkyl halides is 2. The normalized spacial score (nSPS) is 28.2. The van der Waals surface area contributed by atoms with Gasteiger partial charge in [0.25, 0.3) is 0 Å². The Labute approximate surface area is 150 Å². The van der Waals surface area contributed by atoms with Crippen molar-refractivity contribution in [3.63, 3.8) is 0 Å². The number of rotatable bonds is 3. The van der Waals surface area contributed by atoms with E-state index in [0.29, 0.717) is 17.7 Å². The van der Waals surface area contributed by atoms with Crippen LogP contribution in [0.5, 0.6) is 0 Å². The molecular weight excluding hydrogens is 368 g/mol. The molecule has 0 aromatic carbocycles. The number of nitrogens with zero attached hydrogens (tertiary/aromatic N) is 4. The number of nitrogen functional groups attached to an aromatic ring is 1. The van der Waals surface area contributed by atoms with Crippen LogP contribution in [0.3, 0.4) is 0 Å². The van der Waals surface area contributed by atoms with Crippen LogP contribution in [0.1, 0.15) is 16.8 Å². The van der Waals surface area contributed by atoms with E-state index >= 15 is 0 Å². The van der Waals surface area contributed by atoms with E-state index in [1.807, 2.05) is 4.90 Å². The van der Waals surface area contributed by atoms with Crippen LogP contribution in [-0.2, 0) is 17.7 Å². The monoisotopic (exact) mass is 385 g/mol. The Kier molecular flexibility index (Phi) is 4.26. The van der Waals surface area contributed by atoms with E-state index < -0.39 is 30.0 Å². The lowest BCUT2D eigenvalue weighted by Gasteiger charge is -2.29. The van der Waals surface area contributed by atoms with Crippen LogP contribution in [0, 0.1) is 0 Å². The maximum Gasteiger partial charge on any atom is 0.351 e. The van der Waals surface area contributed by atoms with Gasteiger partial charge in [0.05, 0.1) is 11.2 Å². The van der Waals surface area contributed by atoms with Crippen LogP contribution in [0.4, 0.5) is 14.6 Å². The molecular formula is C15H17F2N5O3S. The Hall–Kier alpha value is -1.95. The number of aliphatic hydroxyl groups excluding tert-OH is 1. The van der Waals surface area contributed by atoms with Crippen molar-refractivity contribution in [3.8, 4) is 0 Å². The van der Waals surface area contributed by atoms with E-state index in [4.69, 9.17) is 10.5 Å². The summed E-state index contributed by atoms with van der Waals surface area (Å²) >= 11 is 1.58. The molecule has 26 heavy (non-hydrogen) atoms. The van der Waals surface area contributed by atoms with Gasteiger partial charge in [-0.1, -0.05) is 0 Å². The molecule has 3 N–H and O–H groups in total. The molecule has 4 heterocycles. The molecule has 0 unspecified atom stereocenters. The standard InChI is InChI=1S/C15H17F2N5O3S/c16-15(17)12(23)9(6-21-3-1-10-8(5-21)19-7-26-10)25-13(15)22-4-2-11(18)20-14(22)24/h2,4,7,9,12-13,23H,1,3,5-6H2,(H2,18,20,24)/t9-,12-,13-/m1/s1. The van der Waals surface area contributed by atoms with Crippen molar-refractivity contribution < 1.29 is 18.6 Å². The summed E-state index contributed by atoms with van der Waals surface area (Å²) < 4.78 is 35.1. The number of thiazole rings is 1. The number of nitrogens with two attached hydrogens (primary N) is 1. The van der Waals surface area contributed by atoms with Crippen LogP contribution in [0.25, 0.3) is 0 Å². The Morgan fingerprint density at radius 1 is 1.50 bits per heavy atom. The van der Waals surface area contributed by atoms with Crippen LogP contribution in [0.2, 0.25) is 0 Å². The van der Waals surface area contributed by atoms with Gasteiger partial charge in [0.15, 0.2) is 0 Å². The summed E-state index contributed by atoms with van der Waals surface area (Å²) in [7, 11) is 0. The average molecular weight is 385 g/mol. The van der Waals surface area contributed by atoms with Gasteiger partial charge in [-0.25, -0.2) is 9.78 Å². The fourth-order valence-electron chi connectivity index (χ4n) is 3.31. The second-order valence-electron chi connectivity index (χ2n) is 6.40. The first-order valence-corrected chi connectivity index (χ1v) is 8.94. The van der Waals surface area contributed by atoms with Gasteiger partial charge < -0.3 is 15.6 Å². The van der Waals surface area contributed by atoms with E-state index in [0.717, 1.165) is 18.3 Å². The van der Waals surface area contributed by atoms with E-state index in [-0.39, 0.29) is 12.4 Å². The zero-order chi connectivity index (χ0) is 18.5. The molecule has 1 fully saturated rings. The number of hydrogen-bond donors (Lipinski definition) is 2. The van der Waals surface area contributed by atoms with E-state index in [1.165, 1.54) is 10.9 Å². The summed E-state index contributed by atoms with van der Waals surface area (Å²) in [4.78, 5) is 22.7. The molecule has 8 nitrogen and oxygen atoms in total. The van der Waals surface area contributed by atoms with Gasteiger partial charge in [0, 0.05) is 30.7 Å². The molecule has 11 heteroatoms. The third-order valence-corrected chi connectivity index (χ3v) is 5.61. The minimum atomic E-state index is -3.63. The minimum absolute atomic E-state index is 0.0722. The second kappa shape index (κ2) is 6.34. The number of fused-ring (bicyclic) bond motifs is 1. The largest absolute Gasteiger partial charge is 0.384 e. The highest BCUT2D eigenvalue weighted by molar-refractivity contribution is 7.09. The average Bonchev–Trinajstić information content (AvgIpc) is 3.13. The fourth-order valence-corrected chi connectivity index (χ4v) is 4.08. The molecule has 0 amide bonds. The van der Waals surface area contributed by atoms with Crippen molar-refractivity contribution in [1.29, 1.82) is 0 Å². The van der Waals surface area contributed by atoms with Gasteiger partial charge in [0.2, 0.25) is 6.23 Å². The third-order valence-electron chi connectivity index (χ3n) is 4.68. The maximum atomic E-state index is 14.5. The van der Waals surface area contributed by atoms with Gasteiger partial charge in [-0.3, -0.25) is 9.47 Å². The number of ether oxygens (including phenoxy) is 1. The highest BCUT2D eigenvalue weighted by Gasteiger charge is 2.59. The molecule has 1 saturated heterocycles. The van der Waals surface area contributed by atoms with Crippen LogP contribution in [-0.4, -0.2) is 55.8 Å². The summed E-state index contributed by atoms with van der Waals surface area (Å²) in [5.74, 6) is -3.70. The van der Waals surface area contributed by atoms with Crippen molar-refractivity contribution in [2.45, 2.75) is 37.3 Å². The van der Waals surface area contributed by atoms with Crippen molar-refractivity contribution in [1.82, 2.24) is 19.4 Å².